The Labute approximate surface area is 185 Å². The minimum atomic E-state index is -0.780. The summed E-state index contributed by atoms with van der Waals surface area (Å²) in [4.78, 5) is 14.5. The summed E-state index contributed by atoms with van der Waals surface area (Å²) in [5.74, 6) is 1.08. The second kappa shape index (κ2) is 8.42. The van der Waals surface area contributed by atoms with Crippen molar-refractivity contribution in [1.82, 2.24) is 0 Å². The normalized spacial score (nSPS) is 17.1. The molecule has 0 saturated carbocycles. The van der Waals surface area contributed by atoms with E-state index in [0.717, 1.165) is 16.8 Å². The molecule has 0 unspecified atom stereocenters. The van der Waals surface area contributed by atoms with Gasteiger partial charge in [0.2, 0.25) is 6.10 Å². The number of halogens is 2. The zero-order valence-corrected chi connectivity index (χ0v) is 17.9. The second-order valence-corrected chi connectivity index (χ2v) is 7.86. The van der Waals surface area contributed by atoms with Crippen molar-refractivity contribution in [2.75, 3.05) is 4.90 Å². The van der Waals surface area contributed by atoms with Crippen LogP contribution < -0.4 is 14.4 Å². The van der Waals surface area contributed by atoms with Crippen LogP contribution >= 0.6 is 23.2 Å². The van der Waals surface area contributed by atoms with Crippen molar-refractivity contribution < 1.29 is 14.3 Å². The standard InChI is InChI=1S/C24H19Cl2NO3/c1-15-12-17(25)8-10-21(15)29-14-20-23(30-22-11-9-18(26)13-16(22)2)24(28)27(20)19-6-4-3-5-7-19/h3-14,23H,1-2H3/b20-14-/t23-/m0/s1. The summed E-state index contributed by atoms with van der Waals surface area (Å²) < 4.78 is 11.9. The van der Waals surface area contributed by atoms with Crippen LogP contribution in [0.4, 0.5) is 5.69 Å². The molecule has 1 heterocycles. The van der Waals surface area contributed by atoms with Crippen molar-refractivity contribution in [3.8, 4) is 11.5 Å². The van der Waals surface area contributed by atoms with Gasteiger partial charge in [0, 0.05) is 15.7 Å². The molecule has 0 N–H and O–H groups in total. The topological polar surface area (TPSA) is 38.8 Å². The highest BCUT2D eigenvalue weighted by atomic mass is 35.5. The molecule has 1 aliphatic heterocycles. The lowest BCUT2D eigenvalue weighted by molar-refractivity contribution is -0.128. The molecule has 3 aromatic carbocycles. The number of hydrogen-bond acceptors (Lipinski definition) is 3. The van der Waals surface area contributed by atoms with Crippen LogP contribution in [0.15, 0.2) is 78.7 Å². The van der Waals surface area contributed by atoms with E-state index in [0.29, 0.717) is 27.2 Å². The minimum Gasteiger partial charge on any atom is -0.474 e. The molecule has 0 bridgehead atoms. The number of carbonyl (C=O) groups is 1. The molecule has 1 fully saturated rings. The molecule has 30 heavy (non-hydrogen) atoms. The maximum Gasteiger partial charge on any atom is 0.279 e. The second-order valence-electron chi connectivity index (χ2n) is 6.99. The molecular weight excluding hydrogens is 421 g/mol. The Morgan fingerprint density at radius 2 is 1.47 bits per heavy atom. The molecule has 3 aromatic rings. The van der Waals surface area contributed by atoms with Crippen LogP contribution in [0.1, 0.15) is 11.1 Å². The Morgan fingerprint density at radius 3 is 2.07 bits per heavy atom. The molecule has 1 atom stereocenters. The monoisotopic (exact) mass is 439 g/mol. The number of anilines is 1. The summed E-state index contributed by atoms with van der Waals surface area (Å²) in [7, 11) is 0. The Bertz CT molecular complexity index is 1130. The van der Waals surface area contributed by atoms with Gasteiger partial charge in [-0.1, -0.05) is 41.4 Å². The lowest BCUT2D eigenvalue weighted by atomic mass is 10.0. The van der Waals surface area contributed by atoms with Gasteiger partial charge in [0.1, 0.15) is 23.5 Å². The zero-order chi connectivity index (χ0) is 21.3. The molecule has 0 aliphatic carbocycles. The van der Waals surface area contributed by atoms with Gasteiger partial charge < -0.3 is 9.47 Å². The smallest absolute Gasteiger partial charge is 0.279 e. The molecule has 0 aromatic heterocycles. The molecule has 1 aliphatic rings. The summed E-state index contributed by atoms with van der Waals surface area (Å²) in [6.45, 7) is 3.79. The highest BCUT2D eigenvalue weighted by Gasteiger charge is 2.46. The first-order chi connectivity index (χ1) is 14.4. The lowest BCUT2D eigenvalue weighted by Crippen LogP contribution is -2.57. The SMILES string of the molecule is Cc1cc(Cl)ccc1O/C=C1/[C@H](Oc2ccc(Cl)cc2C)C(=O)N1c1ccccc1. The summed E-state index contributed by atoms with van der Waals surface area (Å²) in [6, 6.07) is 20.0. The number of carbonyl (C=O) groups excluding carboxylic acids is 1. The van der Waals surface area contributed by atoms with Gasteiger partial charge in [0.05, 0.1) is 0 Å². The van der Waals surface area contributed by atoms with Gasteiger partial charge >= 0.3 is 0 Å². The van der Waals surface area contributed by atoms with Gasteiger partial charge in [-0.15, -0.1) is 0 Å². The molecule has 6 heteroatoms. The fourth-order valence-electron chi connectivity index (χ4n) is 3.24. The number of nitrogens with zero attached hydrogens (tertiary/aromatic N) is 1. The van der Waals surface area contributed by atoms with E-state index in [-0.39, 0.29) is 5.91 Å². The van der Waals surface area contributed by atoms with Crippen molar-refractivity contribution >= 4 is 34.8 Å². The lowest BCUT2D eigenvalue weighted by Gasteiger charge is -2.40. The molecule has 1 amide bonds. The summed E-state index contributed by atoms with van der Waals surface area (Å²) >= 11 is 12.1. The van der Waals surface area contributed by atoms with Crippen molar-refractivity contribution in [2.45, 2.75) is 20.0 Å². The van der Waals surface area contributed by atoms with Gasteiger partial charge in [0.15, 0.2) is 0 Å². The third kappa shape index (κ3) is 4.02. The van der Waals surface area contributed by atoms with Crippen LogP contribution in [0.25, 0.3) is 0 Å². The maximum absolute atomic E-state index is 12.9. The van der Waals surface area contributed by atoms with Crippen molar-refractivity contribution in [3.05, 3.63) is 99.9 Å². The van der Waals surface area contributed by atoms with E-state index in [2.05, 4.69) is 0 Å². The number of β-lactam (4-membered cyclic amide) rings is 1. The highest BCUT2D eigenvalue weighted by Crippen LogP contribution is 2.36. The molecule has 0 radical (unpaired) electrons. The first-order valence-corrected chi connectivity index (χ1v) is 10.1. The van der Waals surface area contributed by atoms with E-state index in [1.165, 1.54) is 0 Å². The third-order valence-electron chi connectivity index (χ3n) is 4.81. The zero-order valence-electron chi connectivity index (χ0n) is 16.4. The van der Waals surface area contributed by atoms with E-state index < -0.39 is 6.10 Å². The number of hydrogen-bond donors (Lipinski definition) is 0. The molecule has 0 spiro atoms. The number of rotatable bonds is 5. The quantitative estimate of drug-likeness (QED) is 0.344. The van der Waals surface area contributed by atoms with Crippen LogP contribution in [0.5, 0.6) is 11.5 Å². The Kier molecular flexibility index (Phi) is 5.71. The van der Waals surface area contributed by atoms with Gasteiger partial charge in [-0.3, -0.25) is 9.69 Å². The molecule has 152 valence electrons. The van der Waals surface area contributed by atoms with E-state index >= 15 is 0 Å². The Morgan fingerprint density at radius 1 is 0.867 bits per heavy atom. The molecular formula is C24H19Cl2NO3. The summed E-state index contributed by atoms with van der Waals surface area (Å²) in [5.41, 5.74) is 3.09. The molecule has 4 nitrogen and oxygen atoms in total. The van der Waals surface area contributed by atoms with E-state index in [1.807, 2.05) is 50.2 Å². The van der Waals surface area contributed by atoms with Crippen LogP contribution in [-0.2, 0) is 4.79 Å². The summed E-state index contributed by atoms with van der Waals surface area (Å²) in [5, 5.41) is 1.25. The predicted octanol–water partition coefficient (Wildman–Crippen LogP) is 6.32. The van der Waals surface area contributed by atoms with Crippen molar-refractivity contribution in [2.24, 2.45) is 0 Å². The maximum atomic E-state index is 12.9. The molecule has 4 rings (SSSR count). The van der Waals surface area contributed by atoms with Crippen LogP contribution in [-0.4, -0.2) is 12.0 Å². The minimum absolute atomic E-state index is 0.168. The fourth-order valence-corrected chi connectivity index (χ4v) is 3.70. The van der Waals surface area contributed by atoms with Gasteiger partial charge in [-0.2, -0.15) is 0 Å². The van der Waals surface area contributed by atoms with Crippen molar-refractivity contribution in [3.63, 3.8) is 0 Å². The average Bonchev–Trinajstić information content (AvgIpc) is 2.72. The first-order valence-electron chi connectivity index (χ1n) is 9.39. The van der Waals surface area contributed by atoms with Gasteiger partial charge in [-0.25, -0.2) is 0 Å². The van der Waals surface area contributed by atoms with E-state index in [9.17, 15) is 4.79 Å². The number of para-hydroxylation sites is 1. The Balaban J connectivity index is 1.65. The highest BCUT2D eigenvalue weighted by molar-refractivity contribution is 6.31. The number of aryl methyl sites for hydroxylation is 2. The number of benzene rings is 3. The van der Waals surface area contributed by atoms with Gasteiger partial charge in [-0.05, 0) is 73.5 Å². The number of amides is 1. The van der Waals surface area contributed by atoms with E-state index in [1.54, 1.807) is 41.5 Å². The Hall–Kier alpha value is -2.95. The van der Waals surface area contributed by atoms with Crippen molar-refractivity contribution in [1.29, 1.82) is 0 Å². The predicted molar refractivity (Wildman–Crippen MR) is 119 cm³/mol. The largest absolute Gasteiger partial charge is 0.474 e. The van der Waals surface area contributed by atoms with Crippen LogP contribution in [0.3, 0.4) is 0 Å². The first kappa shape index (κ1) is 20.3. The fraction of sp³-hybridized carbons (Fsp3) is 0.125. The van der Waals surface area contributed by atoms with Crippen LogP contribution in [0, 0.1) is 13.8 Å². The van der Waals surface area contributed by atoms with Crippen LogP contribution in [0.2, 0.25) is 10.0 Å². The van der Waals surface area contributed by atoms with E-state index in [4.69, 9.17) is 32.7 Å². The number of ether oxygens (including phenoxy) is 2. The third-order valence-corrected chi connectivity index (χ3v) is 5.28. The van der Waals surface area contributed by atoms with Gasteiger partial charge in [0.25, 0.3) is 5.91 Å². The molecule has 1 saturated heterocycles. The average molecular weight is 440 g/mol. The summed E-state index contributed by atoms with van der Waals surface area (Å²) in [6.07, 6.45) is 0.776.